The molecule has 0 bridgehead atoms. The van der Waals surface area contributed by atoms with Gasteiger partial charge in [0.15, 0.2) is 9.84 Å². The SMILES string of the molecule is CCC(CS(=O)(=O)C(C)C)N1C(=O)[C@@H](CC(=O)O)O[C@H](c2cc(Cl)cc(Cl)c2)C1c1ccc(Cl)cc1. The van der Waals surface area contributed by atoms with Crippen molar-refractivity contribution in [3.8, 4) is 0 Å². The molecule has 2 unspecified atom stereocenters. The number of nitrogens with zero attached hydrogens (tertiary/aromatic N) is 1. The van der Waals surface area contributed by atoms with E-state index in [4.69, 9.17) is 39.5 Å². The first-order valence-electron chi connectivity index (χ1n) is 11.5. The Morgan fingerprint density at radius 2 is 1.61 bits per heavy atom. The molecular formula is C25H28Cl3NO6S. The van der Waals surface area contributed by atoms with Crippen LogP contribution in [0.15, 0.2) is 42.5 Å². The van der Waals surface area contributed by atoms with E-state index in [1.54, 1.807) is 63.2 Å². The molecule has 4 atom stereocenters. The Bertz CT molecular complexity index is 1200. The lowest BCUT2D eigenvalue weighted by Gasteiger charge is -2.48. The van der Waals surface area contributed by atoms with Crippen molar-refractivity contribution in [2.75, 3.05) is 5.75 Å². The van der Waals surface area contributed by atoms with Gasteiger partial charge < -0.3 is 14.7 Å². The highest BCUT2D eigenvalue weighted by Crippen LogP contribution is 2.45. The number of rotatable bonds is 9. The highest BCUT2D eigenvalue weighted by atomic mass is 35.5. The van der Waals surface area contributed by atoms with E-state index in [0.717, 1.165) is 0 Å². The van der Waals surface area contributed by atoms with Crippen molar-refractivity contribution in [2.24, 2.45) is 0 Å². The van der Waals surface area contributed by atoms with Gasteiger partial charge in [-0.05, 0) is 61.7 Å². The van der Waals surface area contributed by atoms with Gasteiger partial charge in [0.25, 0.3) is 5.91 Å². The molecule has 196 valence electrons. The number of hydrogen-bond acceptors (Lipinski definition) is 5. The number of carbonyl (C=O) groups excluding carboxylic acids is 1. The van der Waals surface area contributed by atoms with Crippen LogP contribution in [0, 0.1) is 0 Å². The molecule has 0 spiro atoms. The van der Waals surface area contributed by atoms with Gasteiger partial charge in [0.05, 0.1) is 23.5 Å². The Labute approximate surface area is 226 Å². The summed E-state index contributed by atoms with van der Waals surface area (Å²) in [6.07, 6.45) is -2.46. The summed E-state index contributed by atoms with van der Waals surface area (Å²) < 4.78 is 32.0. The third kappa shape index (κ3) is 6.53. The number of sulfone groups is 1. The van der Waals surface area contributed by atoms with Crippen molar-refractivity contribution in [1.29, 1.82) is 0 Å². The maximum Gasteiger partial charge on any atom is 0.306 e. The van der Waals surface area contributed by atoms with Crippen LogP contribution in [-0.2, 0) is 24.2 Å². The standard InChI is InChI=1S/C25H28Cl3NO6S/c1-4-20(13-36(33,34)14(2)3)29-23(15-5-7-17(26)8-6-15)24(16-9-18(27)11-19(28)10-16)35-21(25(29)32)12-22(30)31/h5-11,14,20-21,23-24H,4,12-13H2,1-3H3,(H,30,31)/t20?,21-,23?,24-/m1/s1. The van der Waals surface area contributed by atoms with Gasteiger partial charge in [0, 0.05) is 21.1 Å². The lowest BCUT2D eigenvalue weighted by molar-refractivity contribution is -0.182. The Morgan fingerprint density at radius 1 is 1.03 bits per heavy atom. The Morgan fingerprint density at radius 3 is 2.11 bits per heavy atom. The van der Waals surface area contributed by atoms with E-state index in [-0.39, 0.29) is 5.75 Å². The van der Waals surface area contributed by atoms with Gasteiger partial charge in [-0.1, -0.05) is 53.9 Å². The third-order valence-corrected chi connectivity index (χ3v) is 9.19. The predicted molar refractivity (Wildman–Crippen MR) is 140 cm³/mol. The third-order valence-electron chi connectivity index (χ3n) is 6.22. The number of morpholine rings is 1. The van der Waals surface area contributed by atoms with Gasteiger partial charge in [0.2, 0.25) is 0 Å². The van der Waals surface area contributed by atoms with E-state index >= 15 is 0 Å². The number of benzene rings is 2. The van der Waals surface area contributed by atoms with Crippen molar-refractivity contribution in [3.63, 3.8) is 0 Å². The normalized spacial score (nSPS) is 21.6. The maximum absolute atomic E-state index is 13.7. The zero-order valence-electron chi connectivity index (χ0n) is 20.0. The number of halogens is 3. The van der Waals surface area contributed by atoms with Gasteiger partial charge in [-0.2, -0.15) is 0 Å². The minimum Gasteiger partial charge on any atom is -0.481 e. The minimum atomic E-state index is -3.55. The molecule has 0 aliphatic carbocycles. The van der Waals surface area contributed by atoms with E-state index in [9.17, 15) is 23.1 Å². The number of hydrogen-bond donors (Lipinski definition) is 1. The summed E-state index contributed by atoms with van der Waals surface area (Å²) in [7, 11) is -3.55. The second-order valence-electron chi connectivity index (χ2n) is 9.03. The Balaban J connectivity index is 2.23. The molecule has 11 heteroatoms. The van der Waals surface area contributed by atoms with Crippen molar-refractivity contribution >= 4 is 56.5 Å². The lowest BCUT2D eigenvalue weighted by atomic mass is 9.89. The molecule has 0 saturated carbocycles. The summed E-state index contributed by atoms with van der Waals surface area (Å²) in [5.41, 5.74) is 1.17. The zero-order chi connectivity index (χ0) is 26.8. The van der Waals surface area contributed by atoms with Crippen LogP contribution in [0.4, 0.5) is 0 Å². The molecule has 1 fully saturated rings. The number of carboxylic acid groups (broad SMARTS) is 1. The molecule has 7 nitrogen and oxygen atoms in total. The number of amides is 1. The fourth-order valence-electron chi connectivity index (χ4n) is 4.31. The average molecular weight is 577 g/mol. The van der Waals surface area contributed by atoms with Gasteiger partial charge in [0.1, 0.15) is 12.2 Å². The highest BCUT2D eigenvalue weighted by Gasteiger charge is 2.48. The van der Waals surface area contributed by atoms with Crippen molar-refractivity contribution in [1.82, 2.24) is 4.90 Å². The summed E-state index contributed by atoms with van der Waals surface area (Å²) in [6.45, 7) is 4.97. The molecule has 1 heterocycles. The molecule has 36 heavy (non-hydrogen) atoms. The second kappa shape index (κ2) is 11.7. The van der Waals surface area contributed by atoms with Gasteiger partial charge in [-0.15, -0.1) is 0 Å². The minimum absolute atomic E-state index is 0.278. The van der Waals surface area contributed by atoms with E-state index in [0.29, 0.717) is 32.6 Å². The van der Waals surface area contributed by atoms with E-state index in [2.05, 4.69) is 0 Å². The highest BCUT2D eigenvalue weighted by molar-refractivity contribution is 7.92. The molecule has 1 aliphatic rings. The van der Waals surface area contributed by atoms with Crippen LogP contribution in [0.5, 0.6) is 0 Å². The predicted octanol–water partition coefficient (Wildman–Crippen LogP) is 5.73. The fourth-order valence-corrected chi connectivity index (χ4v) is 6.30. The Kier molecular flexibility index (Phi) is 9.33. The molecule has 1 aliphatic heterocycles. The number of carboxylic acids is 1. The zero-order valence-corrected chi connectivity index (χ0v) is 23.1. The van der Waals surface area contributed by atoms with E-state index < -0.39 is 57.7 Å². The molecular weight excluding hydrogens is 549 g/mol. The number of ether oxygens (including phenoxy) is 1. The maximum atomic E-state index is 13.7. The average Bonchev–Trinajstić information content (AvgIpc) is 2.78. The quantitative estimate of drug-likeness (QED) is 0.409. The second-order valence-corrected chi connectivity index (χ2v) is 12.9. The topological polar surface area (TPSA) is 101 Å². The largest absolute Gasteiger partial charge is 0.481 e. The summed E-state index contributed by atoms with van der Waals surface area (Å²) in [6, 6.07) is 10.1. The van der Waals surface area contributed by atoms with Gasteiger partial charge in [-0.3, -0.25) is 9.59 Å². The summed E-state index contributed by atoms with van der Waals surface area (Å²) in [5, 5.41) is 9.99. The van der Waals surface area contributed by atoms with Gasteiger partial charge >= 0.3 is 5.97 Å². The van der Waals surface area contributed by atoms with Crippen LogP contribution in [-0.4, -0.2) is 53.4 Å². The van der Waals surface area contributed by atoms with Crippen molar-refractivity contribution in [2.45, 2.75) is 63.2 Å². The molecule has 3 rings (SSSR count). The first kappa shape index (κ1) is 28.7. The van der Waals surface area contributed by atoms with Crippen LogP contribution in [0.3, 0.4) is 0 Å². The fraction of sp³-hybridized carbons (Fsp3) is 0.440. The smallest absolute Gasteiger partial charge is 0.306 e. The monoisotopic (exact) mass is 575 g/mol. The van der Waals surface area contributed by atoms with Crippen LogP contribution >= 0.6 is 34.8 Å². The van der Waals surface area contributed by atoms with Crippen LogP contribution in [0.1, 0.15) is 56.9 Å². The summed E-state index contributed by atoms with van der Waals surface area (Å²) >= 11 is 18.7. The van der Waals surface area contributed by atoms with Crippen LogP contribution < -0.4 is 0 Å². The number of carbonyl (C=O) groups is 2. The Hall–Kier alpha value is -1.84. The lowest BCUT2D eigenvalue weighted by Crippen LogP contribution is -2.56. The summed E-state index contributed by atoms with van der Waals surface area (Å²) in [5.74, 6) is -2.09. The molecule has 2 aromatic rings. The van der Waals surface area contributed by atoms with E-state index in [1.165, 1.54) is 4.90 Å². The van der Waals surface area contributed by atoms with Crippen LogP contribution in [0.2, 0.25) is 15.1 Å². The number of aliphatic carboxylic acids is 1. The van der Waals surface area contributed by atoms with Crippen LogP contribution in [0.25, 0.3) is 0 Å². The van der Waals surface area contributed by atoms with Crippen molar-refractivity contribution in [3.05, 3.63) is 68.7 Å². The molecule has 0 aromatic heterocycles. The summed E-state index contributed by atoms with van der Waals surface area (Å²) in [4.78, 5) is 26.8. The molecule has 1 N–H and O–H groups in total. The molecule has 1 saturated heterocycles. The molecule has 2 aromatic carbocycles. The first-order chi connectivity index (χ1) is 16.8. The van der Waals surface area contributed by atoms with E-state index in [1.807, 2.05) is 0 Å². The first-order valence-corrected chi connectivity index (χ1v) is 14.3. The van der Waals surface area contributed by atoms with Crippen molar-refractivity contribution < 1.29 is 27.9 Å². The molecule has 0 radical (unpaired) electrons. The molecule has 1 amide bonds. The van der Waals surface area contributed by atoms with Gasteiger partial charge in [-0.25, -0.2) is 8.42 Å².